The molecule has 1 heterocycles. The van der Waals surface area contributed by atoms with Crippen LogP contribution in [0.3, 0.4) is 0 Å². The number of hydrogen-bond donors (Lipinski definition) is 2. The molecule has 0 bridgehead atoms. The number of amides is 2. The SMILES string of the molecule is CO[C@@H]1C[C@@H](C(=O)NC2CC2)CC[C@H]1NC(=O)c1cccc2c1OCCO2. The van der Waals surface area contributed by atoms with Gasteiger partial charge in [0.25, 0.3) is 5.91 Å². The van der Waals surface area contributed by atoms with Crippen LogP contribution >= 0.6 is 0 Å². The zero-order valence-electron chi connectivity index (χ0n) is 15.5. The maximum Gasteiger partial charge on any atom is 0.255 e. The number of carbonyl (C=O) groups excluding carboxylic acids is 2. The molecule has 7 nitrogen and oxygen atoms in total. The van der Waals surface area contributed by atoms with Crippen LogP contribution in [0.15, 0.2) is 18.2 Å². The van der Waals surface area contributed by atoms with Gasteiger partial charge in [-0.25, -0.2) is 0 Å². The standard InChI is InChI=1S/C20H26N2O5/c1-25-17-11-12(19(23)21-13-6-7-13)5-8-15(17)22-20(24)14-3-2-4-16-18(14)27-10-9-26-16/h2-4,12-13,15,17H,5-11H2,1H3,(H,21,23)(H,22,24)/t12-,15+,17+/m0/s1. The van der Waals surface area contributed by atoms with E-state index in [1.165, 1.54) is 0 Å². The number of hydrogen-bond acceptors (Lipinski definition) is 5. The highest BCUT2D eigenvalue weighted by atomic mass is 16.6. The Labute approximate surface area is 158 Å². The van der Waals surface area contributed by atoms with Crippen molar-refractivity contribution in [3.63, 3.8) is 0 Å². The van der Waals surface area contributed by atoms with E-state index in [1.807, 2.05) is 0 Å². The average molecular weight is 374 g/mol. The third kappa shape index (κ3) is 4.03. The number of nitrogens with one attached hydrogen (secondary N) is 2. The molecule has 1 aromatic rings. The van der Waals surface area contributed by atoms with Crippen LogP contribution in [-0.2, 0) is 9.53 Å². The lowest BCUT2D eigenvalue weighted by Gasteiger charge is -2.35. The van der Waals surface area contributed by atoms with E-state index >= 15 is 0 Å². The van der Waals surface area contributed by atoms with Crippen LogP contribution in [0.5, 0.6) is 11.5 Å². The summed E-state index contributed by atoms with van der Waals surface area (Å²) in [7, 11) is 1.63. The van der Waals surface area contributed by atoms with Crippen molar-refractivity contribution in [1.82, 2.24) is 10.6 Å². The van der Waals surface area contributed by atoms with Crippen molar-refractivity contribution in [1.29, 1.82) is 0 Å². The highest BCUT2D eigenvalue weighted by molar-refractivity contribution is 5.98. The molecule has 3 aliphatic rings. The van der Waals surface area contributed by atoms with E-state index in [2.05, 4.69) is 10.6 Å². The number of methoxy groups -OCH3 is 1. The Hall–Kier alpha value is -2.28. The van der Waals surface area contributed by atoms with E-state index in [1.54, 1.807) is 25.3 Å². The molecule has 0 saturated heterocycles. The van der Waals surface area contributed by atoms with E-state index < -0.39 is 0 Å². The Kier molecular flexibility index (Phi) is 5.20. The first-order chi connectivity index (χ1) is 13.2. The zero-order chi connectivity index (χ0) is 18.8. The van der Waals surface area contributed by atoms with Crippen LogP contribution in [-0.4, -0.2) is 50.3 Å². The van der Waals surface area contributed by atoms with E-state index in [4.69, 9.17) is 14.2 Å². The predicted octanol–water partition coefficient (Wildman–Crippen LogP) is 1.65. The Balaban J connectivity index is 1.40. The molecule has 1 aliphatic heterocycles. The number of carbonyl (C=O) groups is 2. The Morgan fingerprint density at radius 2 is 1.89 bits per heavy atom. The van der Waals surface area contributed by atoms with Gasteiger partial charge in [-0.1, -0.05) is 6.07 Å². The smallest absolute Gasteiger partial charge is 0.255 e. The molecule has 146 valence electrons. The molecule has 2 amide bonds. The number of para-hydroxylation sites is 1. The first kappa shape index (κ1) is 18.1. The average Bonchev–Trinajstić information content (AvgIpc) is 3.51. The summed E-state index contributed by atoms with van der Waals surface area (Å²) in [6, 6.07) is 5.55. The second kappa shape index (κ2) is 7.76. The quantitative estimate of drug-likeness (QED) is 0.819. The Morgan fingerprint density at radius 1 is 1.07 bits per heavy atom. The number of benzene rings is 1. The summed E-state index contributed by atoms with van der Waals surface area (Å²) in [4.78, 5) is 25.2. The summed E-state index contributed by atoms with van der Waals surface area (Å²) in [5.41, 5.74) is 0.468. The van der Waals surface area contributed by atoms with Crippen molar-refractivity contribution < 1.29 is 23.8 Å². The van der Waals surface area contributed by atoms with Crippen molar-refractivity contribution in [2.75, 3.05) is 20.3 Å². The lowest BCUT2D eigenvalue weighted by molar-refractivity contribution is -0.128. The topological polar surface area (TPSA) is 85.9 Å². The predicted molar refractivity (Wildman–Crippen MR) is 98.0 cm³/mol. The molecule has 0 aromatic heterocycles. The molecule has 7 heteroatoms. The van der Waals surface area contributed by atoms with Gasteiger partial charge in [-0.05, 0) is 44.2 Å². The molecule has 2 fully saturated rings. The largest absolute Gasteiger partial charge is 0.486 e. The highest BCUT2D eigenvalue weighted by Crippen LogP contribution is 2.34. The van der Waals surface area contributed by atoms with Crippen molar-refractivity contribution in [2.45, 2.75) is 50.3 Å². The van der Waals surface area contributed by atoms with Gasteiger partial charge < -0.3 is 24.8 Å². The fraction of sp³-hybridized carbons (Fsp3) is 0.600. The van der Waals surface area contributed by atoms with Crippen molar-refractivity contribution in [2.24, 2.45) is 5.92 Å². The summed E-state index contributed by atoms with van der Waals surface area (Å²) < 4.78 is 16.8. The van der Waals surface area contributed by atoms with Crippen LogP contribution in [0.2, 0.25) is 0 Å². The summed E-state index contributed by atoms with van der Waals surface area (Å²) in [6.45, 7) is 0.913. The molecule has 2 aliphatic carbocycles. The first-order valence-corrected chi connectivity index (χ1v) is 9.68. The summed E-state index contributed by atoms with van der Waals surface area (Å²) >= 11 is 0. The lowest BCUT2D eigenvalue weighted by atomic mass is 9.83. The fourth-order valence-electron chi connectivity index (χ4n) is 3.84. The Bertz CT molecular complexity index is 718. The normalized spacial score (nSPS) is 26.9. The minimum Gasteiger partial charge on any atom is -0.486 e. The first-order valence-electron chi connectivity index (χ1n) is 9.68. The van der Waals surface area contributed by atoms with E-state index in [9.17, 15) is 9.59 Å². The van der Waals surface area contributed by atoms with Crippen LogP contribution in [0, 0.1) is 5.92 Å². The van der Waals surface area contributed by atoms with Gasteiger partial charge in [0.2, 0.25) is 5.91 Å². The summed E-state index contributed by atoms with van der Waals surface area (Å²) in [6.07, 6.45) is 4.05. The maximum atomic E-state index is 12.8. The molecular weight excluding hydrogens is 348 g/mol. The molecule has 0 spiro atoms. The van der Waals surface area contributed by atoms with Crippen LogP contribution in [0.1, 0.15) is 42.5 Å². The maximum absolute atomic E-state index is 12.8. The molecule has 3 atom stereocenters. The number of fused-ring (bicyclic) bond motifs is 1. The minimum absolute atomic E-state index is 0.0510. The van der Waals surface area contributed by atoms with Gasteiger partial charge in [0, 0.05) is 19.1 Å². The van der Waals surface area contributed by atoms with Gasteiger partial charge in [-0.2, -0.15) is 0 Å². The lowest BCUT2D eigenvalue weighted by Crippen LogP contribution is -2.50. The van der Waals surface area contributed by atoms with Crippen molar-refractivity contribution in [3.8, 4) is 11.5 Å². The molecule has 2 saturated carbocycles. The third-order valence-corrected chi connectivity index (χ3v) is 5.52. The highest BCUT2D eigenvalue weighted by Gasteiger charge is 2.37. The van der Waals surface area contributed by atoms with Crippen molar-refractivity contribution >= 4 is 11.8 Å². The van der Waals surface area contributed by atoms with Gasteiger partial charge in [-0.15, -0.1) is 0 Å². The van der Waals surface area contributed by atoms with E-state index in [0.717, 1.165) is 19.3 Å². The monoisotopic (exact) mass is 374 g/mol. The van der Waals surface area contributed by atoms with Gasteiger partial charge in [0.15, 0.2) is 11.5 Å². The van der Waals surface area contributed by atoms with Gasteiger partial charge in [0.05, 0.1) is 17.7 Å². The van der Waals surface area contributed by atoms with Crippen molar-refractivity contribution in [3.05, 3.63) is 23.8 Å². The summed E-state index contributed by atoms with van der Waals surface area (Å²) in [5, 5.41) is 6.14. The van der Waals surface area contributed by atoms with E-state index in [0.29, 0.717) is 49.2 Å². The van der Waals surface area contributed by atoms with Crippen LogP contribution < -0.4 is 20.1 Å². The van der Waals surface area contributed by atoms with Gasteiger partial charge in [0.1, 0.15) is 13.2 Å². The molecule has 1 aromatic carbocycles. The molecule has 0 radical (unpaired) electrons. The number of rotatable bonds is 5. The number of ether oxygens (including phenoxy) is 3. The van der Waals surface area contributed by atoms with Gasteiger partial charge in [-0.3, -0.25) is 9.59 Å². The van der Waals surface area contributed by atoms with Crippen LogP contribution in [0.4, 0.5) is 0 Å². The third-order valence-electron chi connectivity index (χ3n) is 5.52. The van der Waals surface area contributed by atoms with Crippen LogP contribution in [0.25, 0.3) is 0 Å². The second-order valence-electron chi connectivity index (χ2n) is 7.48. The van der Waals surface area contributed by atoms with E-state index in [-0.39, 0.29) is 29.9 Å². The molecule has 27 heavy (non-hydrogen) atoms. The molecule has 4 rings (SSSR count). The Morgan fingerprint density at radius 3 is 2.67 bits per heavy atom. The minimum atomic E-state index is -0.203. The second-order valence-corrected chi connectivity index (χ2v) is 7.48. The summed E-state index contributed by atoms with van der Waals surface area (Å²) in [5.74, 6) is 0.951. The fourth-order valence-corrected chi connectivity index (χ4v) is 3.84. The zero-order valence-corrected chi connectivity index (χ0v) is 15.5. The molecule has 0 unspecified atom stereocenters. The van der Waals surface area contributed by atoms with Gasteiger partial charge >= 0.3 is 0 Å². The molecular formula is C20H26N2O5. The molecule has 2 N–H and O–H groups in total.